The third-order valence-electron chi connectivity index (χ3n) is 3.88. The normalized spacial score (nSPS) is 22.6. The van der Waals surface area contributed by atoms with Crippen LogP contribution in [0.5, 0.6) is 0 Å². The molecule has 19 heavy (non-hydrogen) atoms. The second-order valence-corrected chi connectivity index (χ2v) is 7.45. The Morgan fingerprint density at radius 1 is 1.37 bits per heavy atom. The highest BCUT2D eigenvalue weighted by Crippen LogP contribution is 2.27. The van der Waals surface area contributed by atoms with Crippen molar-refractivity contribution in [3.05, 3.63) is 29.3 Å². The number of nitrogens with zero attached hydrogens (tertiary/aromatic N) is 1. The summed E-state index contributed by atoms with van der Waals surface area (Å²) >= 11 is 0. The molecule has 4 nitrogen and oxygen atoms in total. The largest absolute Gasteiger partial charge is 0.328 e. The third-order valence-corrected chi connectivity index (χ3v) is 5.90. The number of hydrogen-bond acceptors (Lipinski definition) is 3. The summed E-state index contributed by atoms with van der Waals surface area (Å²) in [6.07, 6.45) is 0.849. The van der Waals surface area contributed by atoms with Crippen molar-refractivity contribution < 1.29 is 8.42 Å². The van der Waals surface area contributed by atoms with Gasteiger partial charge in [0.1, 0.15) is 0 Å². The predicted molar refractivity (Wildman–Crippen MR) is 76.4 cm³/mol. The average Bonchev–Trinajstić information content (AvgIpc) is 2.78. The first-order valence-corrected chi connectivity index (χ1v) is 8.09. The molecule has 1 fully saturated rings. The lowest BCUT2D eigenvalue weighted by atomic mass is 10.0. The van der Waals surface area contributed by atoms with Crippen molar-refractivity contribution >= 4 is 10.0 Å². The molecule has 1 aromatic rings. The average molecular weight is 282 g/mol. The molecule has 0 aromatic heterocycles. The molecule has 2 atom stereocenters. The standard InChI is InChI=1S/C14H22N2O2S/c1-10-4-5-14(11(2)8-10)19(17,18)16-7-6-13(9-16)12(3)15/h4-5,8,12-13H,6-7,9,15H2,1-3H3. The molecule has 0 spiro atoms. The van der Waals surface area contributed by atoms with Crippen LogP contribution >= 0.6 is 0 Å². The van der Waals surface area contributed by atoms with Crippen molar-refractivity contribution in [3.8, 4) is 0 Å². The van der Waals surface area contributed by atoms with E-state index in [0.29, 0.717) is 18.0 Å². The summed E-state index contributed by atoms with van der Waals surface area (Å²) in [5, 5.41) is 0. The van der Waals surface area contributed by atoms with E-state index in [9.17, 15) is 8.42 Å². The van der Waals surface area contributed by atoms with Crippen LogP contribution in [0, 0.1) is 19.8 Å². The summed E-state index contributed by atoms with van der Waals surface area (Å²) in [6, 6.07) is 5.50. The minimum Gasteiger partial charge on any atom is -0.328 e. The van der Waals surface area contributed by atoms with Crippen LogP contribution in [0.1, 0.15) is 24.5 Å². The first kappa shape index (κ1) is 14.5. The lowest BCUT2D eigenvalue weighted by Crippen LogP contribution is -2.33. The first-order valence-electron chi connectivity index (χ1n) is 6.65. The fourth-order valence-electron chi connectivity index (χ4n) is 2.63. The monoisotopic (exact) mass is 282 g/mol. The Labute approximate surface area is 115 Å². The Balaban J connectivity index is 2.29. The van der Waals surface area contributed by atoms with Gasteiger partial charge in [-0.2, -0.15) is 4.31 Å². The molecule has 0 amide bonds. The van der Waals surface area contributed by atoms with Crippen molar-refractivity contribution in [1.29, 1.82) is 0 Å². The molecule has 0 saturated carbocycles. The van der Waals surface area contributed by atoms with Crippen molar-refractivity contribution in [2.24, 2.45) is 11.7 Å². The number of hydrogen-bond donors (Lipinski definition) is 1. The van der Waals surface area contributed by atoms with Crippen LogP contribution in [-0.4, -0.2) is 31.9 Å². The zero-order valence-corrected chi connectivity index (χ0v) is 12.6. The SMILES string of the molecule is Cc1ccc(S(=O)(=O)N2CCC(C(C)N)C2)c(C)c1. The summed E-state index contributed by atoms with van der Waals surface area (Å²) in [5.74, 6) is 0.264. The molecular weight excluding hydrogens is 260 g/mol. The Hall–Kier alpha value is -0.910. The molecule has 1 aliphatic rings. The van der Waals surface area contributed by atoms with Gasteiger partial charge in [0.25, 0.3) is 0 Å². The number of benzene rings is 1. The topological polar surface area (TPSA) is 63.4 Å². The molecular formula is C14H22N2O2S. The van der Waals surface area contributed by atoms with Gasteiger partial charge in [-0.3, -0.25) is 0 Å². The second-order valence-electron chi connectivity index (χ2n) is 5.54. The molecule has 1 saturated heterocycles. The van der Waals surface area contributed by atoms with Gasteiger partial charge in [0, 0.05) is 19.1 Å². The van der Waals surface area contributed by atoms with Gasteiger partial charge in [-0.1, -0.05) is 17.7 Å². The van der Waals surface area contributed by atoms with E-state index in [0.717, 1.165) is 17.5 Å². The zero-order valence-electron chi connectivity index (χ0n) is 11.8. The van der Waals surface area contributed by atoms with Gasteiger partial charge in [-0.05, 0) is 44.7 Å². The maximum Gasteiger partial charge on any atom is 0.243 e. The van der Waals surface area contributed by atoms with E-state index in [-0.39, 0.29) is 12.0 Å². The van der Waals surface area contributed by atoms with Crippen molar-refractivity contribution in [2.75, 3.05) is 13.1 Å². The number of aryl methyl sites for hydroxylation is 2. The molecule has 2 unspecified atom stereocenters. The Bertz CT molecular complexity index is 567. The van der Waals surface area contributed by atoms with Crippen LogP contribution in [0.25, 0.3) is 0 Å². The molecule has 2 N–H and O–H groups in total. The Morgan fingerprint density at radius 3 is 2.58 bits per heavy atom. The highest BCUT2D eigenvalue weighted by molar-refractivity contribution is 7.89. The van der Waals surface area contributed by atoms with Crippen LogP contribution in [0.4, 0.5) is 0 Å². The highest BCUT2D eigenvalue weighted by Gasteiger charge is 2.34. The van der Waals surface area contributed by atoms with E-state index < -0.39 is 10.0 Å². The van der Waals surface area contributed by atoms with E-state index in [4.69, 9.17) is 5.73 Å². The van der Waals surface area contributed by atoms with E-state index >= 15 is 0 Å². The molecule has 5 heteroatoms. The molecule has 1 aromatic carbocycles. The van der Waals surface area contributed by atoms with E-state index in [1.807, 2.05) is 32.9 Å². The van der Waals surface area contributed by atoms with Crippen LogP contribution < -0.4 is 5.73 Å². The molecule has 0 bridgehead atoms. The number of nitrogens with two attached hydrogens (primary N) is 1. The highest BCUT2D eigenvalue weighted by atomic mass is 32.2. The van der Waals surface area contributed by atoms with Gasteiger partial charge < -0.3 is 5.73 Å². The molecule has 0 aliphatic carbocycles. The van der Waals surface area contributed by atoms with Gasteiger partial charge in [0.15, 0.2) is 0 Å². The maximum atomic E-state index is 12.6. The molecule has 0 radical (unpaired) electrons. The van der Waals surface area contributed by atoms with Crippen LogP contribution in [0.15, 0.2) is 23.1 Å². The van der Waals surface area contributed by atoms with Gasteiger partial charge in [-0.15, -0.1) is 0 Å². The van der Waals surface area contributed by atoms with Crippen molar-refractivity contribution in [1.82, 2.24) is 4.31 Å². The smallest absolute Gasteiger partial charge is 0.243 e. The minimum atomic E-state index is -3.37. The first-order chi connectivity index (χ1) is 8.82. The van der Waals surface area contributed by atoms with E-state index in [1.54, 1.807) is 10.4 Å². The van der Waals surface area contributed by atoms with Crippen LogP contribution in [0.3, 0.4) is 0 Å². The second kappa shape index (κ2) is 5.23. The third kappa shape index (κ3) is 2.83. The summed E-state index contributed by atoms with van der Waals surface area (Å²) < 4.78 is 26.8. The van der Waals surface area contributed by atoms with Crippen LogP contribution in [0.2, 0.25) is 0 Å². The molecule has 2 rings (SSSR count). The number of sulfonamides is 1. The van der Waals surface area contributed by atoms with E-state index in [2.05, 4.69) is 0 Å². The molecule has 106 valence electrons. The van der Waals surface area contributed by atoms with Crippen molar-refractivity contribution in [3.63, 3.8) is 0 Å². The van der Waals surface area contributed by atoms with Crippen molar-refractivity contribution in [2.45, 2.75) is 38.1 Å². The van der Waals surface area contributed by atoms with Gasteiger partial charge in [0.2, 0.25) is 10.0 Å². The van der Waals surface area contributed by atoms with Gasteiger partial charge >= 0.3 is 0 Å². The summed E-state index contributed by atoms with van der Waals surface area (Å²) in [6.45, 7) is 6.86. The fraction of sp³-hybridized carbons (Fsp3) is 0.571. The van der Waals surface area contributed by atoms with Gasteiger partial charge in [0.05, 0.1) is 4.90 Å². The zero-order chi connectivity index (χ0) is 14.2. The summed E-state index contributed by atoms with van der Waals surface area (Å²) in [5.41, 5.74) is 7.75. The lowest BCUT2D eigenvalue weighted by Gasteiger charge is -2.19. The Morgan fingerprint density at radius 2 is 2.05 bits per heavy atom. The Kier molecular flexibility index (Phi) is 3.99. The van der Waals surface area contributed by atoms with Crippen LogP contribution in [-0.2, 0) is 10.0 Å². The molecule has 1 heterocycles. The predicted octanol–water partition coefficient (Wildman–Crippen LogP) is 1.66. The van der Waals surface area contributed by atoms with E-state index in [1.165, 1.54) is 0 Å². The maximum absolute atomic E-state index is 12.6. The minimum absolute atomic E-state index is 0.0410. The fourth-order valence-corrected chi connectivity index (χ4v) is 4.35. The lowest BCUT2D eigenvalue weighted by molar-refractivity contribution is 0.429. The summed E-state index contributed by atoms with van der Waals surface area (Å²) in [4.78, 5) is 0.420. The van der Waals surface area contributed by atoms with Gasteiger partial charge in [-0.25, -0.2) is 8.42 Å². The summed E-state index contributed by atoms with van der Waals surface area (Å²) in [7, 11) is -3.37. The number of rotatable bonds is 3. The molecule has 1 aliphatic heterocycles. The quantitative estimate of drug-likeness (QED) is 0.917.